The number of amides is 1. The van der Waals surface area contributed by atoms with Crippen molar-refractivity contribution in [3.05, 3.63) is 0 Å². The number of thioether (sulfide) groups is 1. The molecule has 1 saturated heterocycles. The fourth-order valence-corrected chi connectivity index (χ4v) is 2.45. The molecule has 0 aromatic rings. The van der Waals surface area contributed by atoms with Crippen LogP contribution in [0.4, 0.5) is 4.79 Å². The van der Waals surface area contributed by atoms with Crippen LogP contribution in [0.3, 0.4) is 0 Å². The summed E-state index contributed by atoms with van der Waals surface area (Å²) < 4.78 is 0. The molecule has 1 fully saturated rings. The highest BCUT2D eigenvalue weighted by Gasteiger charge is 2.20. The van der Waals surface area contributed by atoms with E-state index in [0.717, 1.165) is 37.9 Å². The lowest BCUT2D eigenvalue weighted by Gasteiger charge is -2.07. The highest BCUT2D eigenvalue weighted by Crippen LogP contribution is 2.17. The lowest BCUT2D eigenvalue weighted by atomic mass is 10.1. The molecule has 15 heavy (non-hydrogen) atoms. The van der Waals surface area contributed by atoms with Gasteiger partial charge in [-0.25, -0.2) is 0 Å². The number of rotatable bonds is 7. The van der Waals surface area contributed by atoms with Gasteiger partial charge >= 0.3 is 5.97 Å². The summed E-state index contributed by atoms with van der Waals surface area (Å²) in [4.78, 5) is 21.1. The van der Waals surface area contributed by atoms with E-state index >= 15 is 0 Å². The van der Waals surface area contributed by atoms with Gasteiger partial charge in [-0.15, -0.1) is 0 Å². The van der Waals surface area contributed by atoms with Crippen LogP contribution in [0.15, 0.2) is 0 Å². The van der Waals surface area contributed by atoms with Crippen molar-refractivity contribution in [3.63, 3.8) is 0 Å². The smallest absolute Gasteiger partial charge is 0.303 e. The Labute approximate surface area is 93.8 Å². The Hall–Kier alpha value is -0.710. The molecule has 4 nitrogen and oxygen atoms in total. The zero-order valence-corrected chi connectivity index (χ0v) is 9.52. The third-order valence-corrected chi connectivity index (χ3v) is 3.38. The summed E-state index contributed by atoms with van der Waals surface area (Å²) >= 11 is 1.35. The average Bonchev–Trinajstić information content (AvgIpc) is 2.57. The first-order valence-corrected chi connectivity index (χ1v) is 6.32. The number of hydrogen-bond acceptors (Lipinski definition) is 3. The Kier molecular flexibility index (Phi) is 5.53. The number of carboxylic acid groups (broad SMARTS) is 1. The van der Waals surface area contributed by atoms with Crippen molar-refractivity contribution in [2.24, 2.45) is 0 Å². The number of aliphatic carboxylic acids is 1. The predicted octanol–water partition coefficient (Wildman–Crippen LogP) is 2.24. The van der Waals surface area contributed by atoms with E-state index in [0.29, 0.717) is 6.04 Å². The van der Waals surface area contributed by atoms with Gasteiger partial charge in [-0.1, -0.05) is 31.0 Å². The molecule has 1 unspecified atom stereocenters. The van der Waals surface area contributed by atoms with Gasteiger partial charge in [-0.3, -0.25) is 9.59 Å². The van der Waals surface area contributed by atoms with Crippen molar-refractivity contribution < 1.29 is 14.7 Å². The molecule has 1 heterocycles. The monoisotopic (exact) mass is 231 g/mol. The number of carboxylic acids is 1. The highest BCUT2D eigenvalue weighted by atomic mass is 32.2. The summed E-state index contributed by atoms with van der Waals surface area (Å²) in [5.74, 6) is 0.169. The van der Waals surface area contributed by atoms with Gasteiger partial charge in [-0.05, 0) is 12.8 Å². The fraction of sp³-hybridized carbons (Fsp3) is 0.800. The van der Waals surface area contributed by atoms with Gasteiger partial charge in [0.25, 0.3) is 5.24 Å². The minimum absolute atomic E-state index is 0.0888. The molecule has 0 aromatic carbocycles. The summed E-state index contributed by atoms with van der Waals surface area (Å²) in [6, 6.07) is 0.335. The number of nitrogens with one attached hydrogen (secondary N) is 1. The second kappa shape index (κ2) is 6.71. The van der Waals surface area contributed by atoms with E-state index in [1.54, 1.807) is 0 Å². The van der Waals surface area contributed by atoms with E-state index < -0.39 is 5.97 Å². The first-order chi connectivity index (χ1) is 7.18. The van der Waals surface area contributed by atoms with Crippen molar-refractivity contribution >= 4 is 23.0 Å². The maximum Gasteiger partial charge on any atom is 0.303 e. The molecular formula is C10H17NO3S. The molecule has 2 N–H and O–H groups in total. The van der Waals surface area contributed by atoms with Crippen molar-refractivity contribution in [1.29, 1.82) is 0 Å². The van der Waals surface area contributed by atoms with Gasteiger partial charge in [0, 0.05) is 18.2 Å². The standard InChI is InChI=1S/C10H17NO3S/c12-9(13)6-4-2-1-3-5-8-7-15-10(14)11-8/h8H,1-7H2,(H,11,14)(H,12,13). The van der Waals surface area contributed by atoms with E-state index in [1.807, 2.05) is 0 Å². The first kappa shape index (κ1) is 12.4. The molecule has 1 amide bonds. The minimum atomic E-state index is -0.713. The third kappa shape index (κ3) is 5.67. The van der Waals surface area contributed by atoms with Gasteiger partial charge < -0.3 is 10.4 Å². The summed E-state index contributed by atoms with van der Waals surface area (Å²) in [6.07, 6.45) is 5.17. The van der Waals surface area contributed by atoms with Gasteiger partial charge in [0.05, 0.1) is 0 Å². The normalized spacial score (nSPS) is 20.3. The quantitative estimate of drug-likeness (QED) is 0.659. The topological polar surface area (TPSA) is 66.4 Å². The molecule has 0 saturated carbocycles. The molecule has 86 valence electrons. The Balaban J connectivity index is 1.89. The molecule has 0 spiro atoms. The molecule has 5 heteroatoms. The van der Waals surface area contributed by atoms with Gasteiger partial charge in [0.2, 0.25) is 0 Å². The van der Waals surface area contributed by atoms with Crippen LogP contribution < -0.4 is 5.32 Å². The molecule has 0 aromatic heterocycles. The molecule has 0 bridgehead atoms. The maximum absolute atomic E-state index is 10.9. The Morgan fingerprint density at radius 3 is 2.73 bits per heavy atom. The van der Waals surface area contributed by atoms with Crippen molar-refractivity contribution in [2.75, 3.05) is 5.75 Å². The van der Waals surface area contributed by atoms with Crippen LogP contribution >= 0.6 is 11.8 Å². The minimum Gasteiger partial charge on any atom is -0.481 e. The summed E-state index contributed by atoms with van der Waals surface area (Å²) in [5, 5.41) is 11.4. The fourth-order valence-electron chi connectivity index (χ4n) is 1.60. The molecule has 1 aliphatic rings. The molecule has 1 atom stereocenters. The largest absolute Gasteiger partial charge is 0.481 e. The first-order valence-electron chi connectivity index (χ1n) is 5.33. The number of carbonyl (C=O) groups excluding carboxylic acids is 1. The Morgan fingerprint density at radius 1 is 1.40 bits per heavy atom. The molecule has 1 aliphatic heterocycles. The highest BCUT2D eigenvalue weighted by molar-refractivity contribution is 8.13. The van der Waals surface area contributed by atoms with E-state index in [1.165, 1.54) is 11.8 Å². The van der Waals surface area contributed by atoms with Crippen molar-refractivity contribution in [1.82, 2.24) is 5.32 Å². The van der Waals surface area contributed by atoms with E-state index in [2.05, 4.69) is 5.32 Å². The zero-order valence-electron chi connectivity index (χ0n) is 8.70. The summed E-state index contributed by atoms with van der Waals surface area (Å²) in [7, 11) is 0. The molecule has 0 aliphatic carbocycles. The van der Waals surface area contributed by atoms with Crippen LogP contribution in [0.2, 0.25) is 0 Å². The second-order valence-electron chi connectivity index (χ2n) is 3.79. The second-order valence-corrected chi connectivity index (χ2v) is 4.78. The SMILES string of the molecule is O=C(O)CCCCCCC1CSC(=O)N1. The summed E-state index contributed by atoms with van der Waals surface area (Å²) in [6.45, 7) is 0. The molecule has 0 radical (unpaired) electrons. The van der Waals surface area contributed by atoms with Crippen molar-refractivity contribution in [2.45, 2.75) is 44.6 Å². The van der Waals surface area contributed by atoms with Crippen LogP contribution in [0, 0.1) is 0 Å². The number of hydrogen-bond donors (Lipinski definition) is 2. The third-order valence-electron chi connectivity index (χ3n) is 2.43. The molecular weight excluding hydrogens is 214 g/mol. The van der Waals surface area contributed by atoms with E-state index in [4.69, 9.17) is 5.11 Å². The van der Waals surface area contributed by atoms with Crippen LogP contribution in [0.25, 0.3) is 0 Å². The Bertz CT molecular complexity index is 233. The van der Waals surface area contributed by atoms with Gasteiger partial charge in [-0.2, -0.15) is 0 Å². The maximum atomic E-state index is 10.9. The zero-order chi connectivity index (χ0) is 11.1. The predicted molar refractivity (Wildman–Crippen MR) is 60.1 cm³/mol. The number of carbonyl (C=O) groups is 2. The van der Waals surface area contributed by atoms with Crippen LogP contribution in [0.5, 0.6) is 0 Å². The lowest BCUT2D eigenvalue weighted by Crippen LogP contribution is -2.25. The van der Waals surface area contributed by atoms with Crippen LogP contribution in [0.1, 0.15) is 38.5 Å². The van der Waals surface area contributed by atoms with Gasteiger partial charge in [0.15, 0.2) is 0 Å². The van der Waals surface area contributed by atoms with Crippen molar-refractivity contribution in [3.8, 4) is 0 Å². The Morgan fingerprint density at radius 2 is 2.13 bits per heavy atom. The van der Waals surface area contributed by atoms with Crippen LogP contribution in [-0.4, -0.2) is 28.1 Å². The summed E-state index contributed by atoms with van der Waals surface area (Å²) in [5.41, 5.74) is 0. The molecule has 1 rings (SSSR count). The van der Waals surface area contributed by atoms with Gasteiger partial charge in [0.1, 0.15) is 0 Å². The lowest BCUT2D eigenvalue weighted by molar-refractivity contribution is -0.137. The van der Waals surface area contributed by atoms with E-state index in [-0.39, 0.29) is 11.7 Å². The van der Waals surface area contributed by atoms with E-state index in [9.17, 15) is 9.59 Å². The van der Waals surface area contributed by atoms with Crippen LogP contribution in [-0.2, 0) is 4.79 Å². The number of unbranched alkanes of at least 4 members (excludes halogenated alkanes) is 3. The average molecular weight is 231 g/mol.